The summed E-state index contributed by atoms with van der Waals surface area (Å²) in [4.78, 5) is 24.4. The van der Waals surface area contributed by atoms with E-state index in [0.717, 1.165) is 38.5 Å². The number of hydrogen-bond acceptors (Lipinski definition) is 11. The lowest BCUT2D eigenvalue weighted by molar-refractivity contribution is -0.577. The zero-order chi connectivity index (χ0) is 31.2. The standard InChI is InChI=1S/C34H55NO10/c1-19-7-9-25-21(3)27(38-29-33(25)23(19)11-13-31(5,40-29)42-44-33)36-17-15-35-16-18-37-28-22(4)26-10-8-20(2)24-12-14-32(6)41-30(39-28)34(24,26)45-43-32/h19-30,35H,7-18H2,1-6H3/t19-,20-,21-,22-,23?,24?,25?,26?,27+,28+,29-,30-,31-,32-,33-,34-/m1/s1. The van der Waals surface area contributed by atoms with Crippen LogP contribution >= 0.6 is 0 Å². The van der Waals surface area contributed by atoms with Gasteiger partial charge in [0.2, 0.25) is 11.6 Å². The van der Waals surface area contributed by atoms with Crippen molar-refractivity contribution in [3.05, 3.63) is 0 Å². The molecule has 10 aliphatic rings. The Bertz CT molecular complexity index is 1020. The molecule has 8 heterocycles. The minimum atomic E-state index is -0.776. The normalized spacial score (nSPS) is 56.7. The molecule has 0 amide bonds. The van der Waals surface area contributed by atoms with Gasteiger partial charge in [0.05, 0.1) is 13.2 Å². The van der Waals surface area contributed by atoms with Gasteiger partial charge in [-0.3, -0.25) is 0 Å². The molecule has 0 aromatic rings. The second-order valence-electron chi connectivity index (χ2n) is 16.0. The molecule has 2 saturated carbocycles. The van der Waals surface area contributed by atoms with Gasteiger partial charge in [0, 0.05) is 49.6 Å². The molecule has 45 heavy (non-hydrogen) atoms. The molecule has 10 rings (SSSR count). The Balaban J connectivity index is 0.827. The molecule has 11 nitrogen and oxygen atoms in total. The maximum atomic E-state index is 6.55. The van der Waals surface area contributed by atoms with Crippen molar-refractivity contribution < 1.29 is 48.0 Å². The van der Waals surface area contributed by atoms with Crippen molar-refractivity contribution in [3.8, 4) is 0 Å². The molecule has 0 radical (unpaired) electrons. The van der Waals surface area contributed by atoms with E-state index in [-0.39, 0.29) is 36.3 Å². The summed E-state index contributed by atoms with van der Waals surface area (Å²) in [7, 11) is 0. The Morgan fingerprint density at radius 2 is 1.02 bits per heavy atom. The summed E-state index contributed by atoms with van der Waals surface area (Å²) in [6.07, 6.45) is 6.50. The first-order valence-corrected chi connectivity index (χ1v) is 17.9. The average molecular weight is 638 g/mol. The summed E-state index contributed by atoms with van der Waals surface area (Å²) in [5, 5.41) is 3.48. The molecule has 4 bridgehead atoms. The number of fused-ring (bicyclic) bond motifs is 4. The van der Waals surface area contributed by atoms with Crippen LogP contribution in [0.1, 0.15) is 92.9 Å². The van der Waals surface area contributed by atoms with Gasteiger partial charge in [-0.25, -0.2) is 19.6 Å². The van der Waals surface area contributed by atoms with Gasteiger partial charge in [-0.1, -0.05) is 27.7 Å². The lowest BCUT2D eigenvalue weighted by atomic mass is 9.58. The first-order valence-electron chi connectivity index (χ1n) is 17.9. The van der Waals surface area contributed by atoms with Crippen molar-refractivity contribution in [2.45, 2.75) is 141 Å². The smallest absolute Gasteiger partial charge is 0.201 e. The molecule has 256 valence electrons. The van der Waals surface area contributed by atoms with Crippen LogP contribution in [0.25, 0.3) is 0 Å². The minimum Gasteiger partial charge on any atom is -0.351 e. The highest BCUT2D eigenvalue weighted by Gasteiger charge is 2.71. The average Bonchev–Trinajstić information content (AvgIpc) is 3.39. The summed E-state index contributed by atoms with van der Waals surface area (Å²) in [5.41, 5.74) is -1.12. The fraction of sp³-hybridized carbons (Fsp3) is 1.00. The van der Waals surface area contributed by atoms with Crippen LogP contribution in [0.3, 0.4) is 0 Å². The van der Waals surface area contributed by atoms with Crippen LogP contribution in [0, 0.1) is 47.3 Å². The third-order valence-corrected chi connectivity index (χ3v) is 13.3. The van der Waals surface area contributed by atoms with Crippen molar-refractivity contribution in [1.82, 2.24) is 5.32 Å². The molecule has 2 spiro atoms. The molecule has 4 unspecified atom stereocenters. The molecule has 11 heteroatoms. The number of ether oxygens (including phenoxy) is 6. The van der Waals surface area contributed by atoms with Gasteiger partial charge < -0.3 is 33.7 Å². The fourth-order valence-electron chi connectivity index (χ4n) is 10.7. The van der Waals surface area contributed by atoms with Crippen molar-refractivity contribution in [2.24, 2.45) is 47.3 Å². The lowest BCUT2D eigenvalue weighted by Crippen LogP contribution is -2.70. The molecule has 2 aliphatic carbocycles. The van der Waals surface area contributed by atoms with Crippen LogP contribution in [0.5, 0.6) is 0 Å². The molecule has 8 aliphatic heterocycles. The van der Waals surface area contributed by atoms with Crippen LogP contribution in [0.4, 0.5) is 0 Å². The molecule has 0 aromatic heterocycles. The van der Waals surface area contributed by atoms with E-state index in [9.17, 15) is 0 Å². The topological polar surface area (TPSA) is 104 Å². The maximum absolute atomic E-state index is 6.55. The highest BCUT2D eigenvalue weighted by Crippen LogP contribution is 2.62. The van der Waals surface area contributed by atoms with E-state index in [1.165, 1.54) is 12.8 Å². The summed E-state index contributed by atoms with van der Waals surface area (Å²) in [6.45, 7) is 15.5. The fourth-order valence-corrected chi connectivity index (χ4v) is 10.7. The van der Waals surface area contributed by atoms with Gasteiger partial charge in [0.15, 0.2) is 36.4 Å². The molecule has 1 N–H and O–H groups in total. The largest absolute Gasteiger partial charge is 0.351 e. The van der Waals surface area contributed by atoms with Gasteiger partial charge in [-0.05, 0) is 76.0 Å². The Morgan fingerprint density at radius 3 is 1.47 bits per heavy atom. The van der Waals surface area contributed by atoms with E-state index < -0.39 is 35.4 Å². The van der Waals surface area contributed by atoms with Crippen LogP contribution in [0.2, 0.25) is 0 Å². The van der Waals surface area contributed by atoms with Crippen LogP contribution in [-0.4, -0.2) is 74.2 Å². The Hall–Kier alpha value is -0.440. The zero-order valence-electron chi connectivity index (χ0n) is 28.0. The third kappa shape index (κ3) is 4.93. The molecule has 8 saturated heterocycles. The third-order valence-electron chi connectivity index (χ3n) is 13.3. The second kappa shape index (κ2) is 11.6. The van der Waals surface area contributed by atoms with Crippen LogP contribution in [-0.2, 0) is 48.0 Å². The molecular weight excluding hydrogens is 582 g/mol. The quantitative estimate of drug-likeness (QED) is 0.287. The van der Waals surface area contributed by atoms with E-state index in [0.29, 0.717) is 50.0 Å². The number of rotatable bonds is 8. The minimum absolute atomic E-state index is 0.169. The molecule has 10 fully saturated rings. The number of nitrogens with one attached hydrogen (secondary N) is 1. The summed E-state index contributed by atoms with van der Waals surface area (Å²) in [6, 6.07) is 0. The van der Waals surface area contributed by atoms with E-state index >= 15 is 0 Å². The van der Waals surface area contributed by atoms with E-state index in [4.69, 9.17) is 48.0 Å². The predicted octanol–water partition coefficient (Wildman–Crippen LogP) is 5.03. The van der Waals surface area contributed by atoms with Crippen molar-refractivity contribution >= 4 is 0 Å². The highest BCUT2D eigenvalue weighted by atomic mass is 17.3. The SMILES string of the molecule is C[C@@H]1CCC2[C@@H](C)[C@@H](OCCNCCO[C@H]3O[C@@H]4O[C@@]5(C)CCC6[C@H](C)CCC([C@H]3C)[C@]64OO5)O[C@@H]3O[C@@]4(C)CCC1[C@@]23OO4. The van der Waals surface area contributed by atoms with Gasteiger partial charge in [-0.15, -0.1) is 0 Å². The molecule has 16 atom stereocenters. The van der Waals surface area contributed by atoms with Crippen LogP contribution < -0.4 is 5.32 Å². The molecule has 0 aromatic carbocycles. The Morgan fingerprint density at radius 1 is 0.578 bits per heavy atom. The first-order chi connectivity index (χ1) is 21.6. The van der Waals surface area contributed by atoms with Crippen molar-refractivity contribution in [3.63, 3.8) is 0 Å². The van der Waals surface area contributed by atoms with Crippen LogP contribution in [0.15, 0.2) is 0 Å². The Labute approximate surface area is 267 Å². The second-order valence-corrected chi connectivity index (χ2v) is 16.0. The van der Waals surface area contributed by atoms with Gasteiger partial charge in [-0.2, -0.15) is 0 Å². The predicted molar refractivity (Wildman–Crippen MR) is 158 cm³/mol. The monoisotopic (exact) mass is 637 g/mol. The van der Waals surface area contributed by atoms with Gasteiger partial charge >= 0.3 is 0 Å². The van der Waals surface area contributed by atoms with E-state index in [1.54, 1.807) is 0 Å². The zero-order valence-corrected chi connectivity index (χ0v) is 28.0. The highest BCUT2D eigenvalue weighted by molar-refractivity contribution is 5.10. The summed E-state index contributed by atoms with van der Waals surface area (Å²) >= 11 is 0. The van der Waals surface area contributed by atoms with Gasteiger partial charge in [0.25, 0.3) is 0 Å². The maximum Gasteiger partial charge on any atom is 0.201 e. The lowest BCUT2D eigenvalue weighted by Gasteiger charge is -2.60. The number of hydrogen-bond donors (Lipinski definition) is 1. The van der Waals surface area contributed by atoms with E-state index in [1.807, 2.05) is 13.8 Å². The Kier molecular flexibility index (Phi) is 8.18. The van der Waals surface area contributed by atoms with Crippen molar-refractivity contribution in [1.29, 1.82) is 0 Å². The van der Waals surface area contributed by atoms with Gasteiger partial charge in [0.1, 0.15) is 0 Å². The molecular formula is C34H55NO10. The summed E-state index contributed by atoms with van der Waals surface area (Å²) in [5.74, 6) is 1.11. The summed E-state index contributed by atoms with van der Waals surface area (Å²) < 4.78 is 38.7. The van der Waals surface area contributed by atoms with E-state index in [2.05, 4.69) is 33.0 Å². The first kappa shape index (κ1) is 31.8. The van der Waals surface area contributed by atoms with Crippen molar-refractivity contribution in [2.75, 3.05) is 26.3 Å².